The van der Waals surface area contributed by atoms with E-state index in [1.807, 2.05) is 67.5 Å². The Morgan fingerprint density at radius 2 is 1.83 bits per heavy atom. The number of hydrogen-bond acceptors (Lipinski definition) is 6. The maximum absolute atomic E-state index is 12.8. The molecule has 0 spiro atoms. The van der Waals surface area contributed by atoms with Crippen LogP contribution < -0.4 is 10.1 Å². The Morgan fingerprint density at radius 3 is 2.63 bits per heavy atom. The fourth-order valence-electron chi connectivity index (χ4n) is 3.40. The SMILES string of the molecule is CN(C)CCNC(=O)c1cccc2nc3ccc4c(OCC#N)cccc4c3nc12. The number of ether oxygens (including phenoxy) is 1. The van der Waals surface area contributed by atoms with Gasteiger partial charge in [-0.1, -0.05) is 18.2 Å². The van der Waals surface area contributed by atoms with Crippen LogP contribution >= 0.6 is 0 Å². The van der Waals surface area contributed by atoms with E-state index in [0.29, 0.717) is 34.4 Å². The standard InChI is InChI=1S/C23H21N5O2/c1-28(2)13-12-25-23(29)17-6-3-7-18-22(17)27-21-16-5-4-8-20(30-14-11-24)15(16)9-10-19(21)26-18/h3-10H,12-14H2,1-2H3,(H,25,29). The van der Waals surface area contributed by atoms with Crippen molar-refractivity contribution in [3.63, 3.8) is 0 Å². The van der Waals surface area contributed by atoms with Crippen molar-refractivity contribution in [1.29, 1.82) is 5.26 Å². The van der Waals surface area contributed by atoms with Crippen LogP contribution in [0.4, 0.5) is 0 Å². The number of para-hydroxylation sites is 1. The molecule has 1 aromatic heterocycles. The summed E-state index contributed by atoms with van der Waals surface area (Å²) >= 11 is 0. The van der Waals surface area contributed by atoms with Crippen molar-refractivity contribution in [1.82, 2.24) is 20.2 Å². The topological polar surface area (TPSA) is 91.1 Å². The van der Waals surface area contributed by atoms with Gasteiger partial charge in [0.05, 0.1) is 22.1 Å². The number of benzene rings is 3. The van der Waals surface area contributed by atoms with Gasteiger partial charge in [-0.25, -0.2) is 9.97 Å². The molecule has 0 radical (unpaired) electrons. The minimum atomic E-state index is -0.172. The van der Waals surface area contributed by atoms with Crippen molar-refractivity contribution in [2.45, 2.75) is 0 Å². The largest absolute Gasteiger partial charge is 0.478 e. The summed E-state index contributed by atoms with van der Waals surface area (Å²) in [5.41, 5.74) is 3.14. The molecule has 0 aliphatic heterocycles. The monoisotopic (exact) mass is 399 g/mol. The molecule has 1 N–H and O–H groups in total. The predicted molar refractivity (Wildman–Crippen MR) is 117 cm³/mol. The number of fused-ring (bicyclic) bond motifs is 4. The smallest absolute Gasteiger partial charge is 0.253 e. The maximum atomic E-state index is 12.8. The second-order valence-corrected chi connectivity index (χ2v) is 7.19. The summed E-state index contributed by atoms with van der Waals surface area (Å²) in [6.45, 7) is 1.27. The summed E-state index contributed by atoms with van der Waals surface area (Å²) in [7, 11) is 3.92. The van der Waals surface area contributed by atoms with Gasteiger partial charge in [0.2, 0.25) is 0 Å². The molecule has 150 valence electrons. The molecule has 0 aliphatic carbocycles. The van der Waals surface area contributed by atoms with E-state index in [4.69, 9.17) is 20.0 Å². The van der Waals surface area contributed by atoms with Gasteiger partial charge in [-0.05, 0) is 44.4 Å². The van der Waals surface area contributed by atoms with Crippen LogP contribution in [0.2, 0.25) is 0 Å². The van der Waals surface area contributed by atoms with E-state index in [1.54, 1.807) is 6.07 Å². The Hall–Kier alpha value is -3.76. The molecule has 4 aromatic rings. The van der Waals surface area contributed by atoms with Crippen LogP contribution in [0.25, 0.3) is 32.8 Å². The molecule has 0 saturated carbocycles. The van der Waals surface area contributed by atoms with Crippen LogP contribution in [0.1, 0.15) is 10.4 Å². The van der Waals surface area contributed by atoms with Crippen molar-refractivity contribution in [3.8, 4) is 11.8 Å². The average Bonchev–Trinajstić information content (AvgIpc) is 2.75. The van der Waals surface area contributed by atoms with Gasteiger partial charge < -0.3 is 15.0 Å². The number of nitrogens with zero attached hydrogens (tertiary/aromatic N) is 4. The second-order valence-electron chi connectivity index (χ2n) is 7.19. The highest BCUT2D eigenvalue weighted by atomic mass is 16.5. The molecule has 0 saturated heterocycles. The molecule has 0 aliphatic rings. The molecule has 7 nitrogen and oxygen atoms in total. The number of nitrogens with one attached hydrogen (secondary N) is 1. The molecule has 30 heavy (non-hydrogen) atoms. The Labute approximate surface area is 173 Å². The van der Waals surface area contributed by atoms with Gasteiger partial charge in [0.15, 0.2) is 6.61 Å². The molecule has 0 atom stereocenters. The summed E-state index contributed by atoms with van der Waals surface area (Å²) < 4.78 is 5.55. The number of nitriles is 1. The molecule has 4 rings (SSSR count). The Kier molecular flexibility index (Phi) is 5.42. The van der Waals surface area contributed by atoms with E-state index >= 15 is 0 Å². The Bertz CT molecular complexity index is 1290. The lowest BCUT2D eigenvalue weighted by atomic mass is 10.1. The van der Waals surface area contributed by atoms with E-state index in [1.165, 1.54) is 0 Å². The lowest BCUT2D eigenvalue weighted by Gasteiger charge is -2.12. The van der Waals surface area contributed by atoms with Crippen molar-refractivity contribution in [3.05, 3.63) is 54.1 Å². The molecule has 0 bridgehead atoms. The van der Waals surface area contributed by atoms with Crippen LogP contribution in [0.5, 0.6) is 5.75 Å². The number of carbonyl (C=O) groups is 1. The van der Waals surface area contributed by atoms with Gasteiger partial charge in [0.25, 0.3) is 5.91 Å². The molecule has 0 unspecified atom stereocenters. The predicted octanol–water partition coefficient (Wildman–Crippen LogP) is 3.13. The van der Waals surface area contributed by atoms with Gasteiger partial charge >= 0.3 is 0 Å². The van der Waals surface area contributed by atoms with E-state index in [9.17, 15) is 4.79 Å². The normalized spacial score (nSPS) is 11.1. The fourth-order valence-corrected chi connectivity index (χ4v) is 3.40. The van der Waals surface area contributed by atoms with Crippen molar-refractivity contribution in [2.75, 3.05) is 33.8 Å². The first kappa shape index (κ1) is 19.6. The second kappa shape index (κ2) is 8.31. The third-order valence-corrected chi connectivity index (χ3v) is 4.83. The first-order valence-corrected chi connectivity index (χ1v) is 9.63. The molecule has 3 aromatic carbocycles. The molecular weight excluding hydrogens is 378 g/mol. The van der Waals surface area contributed by atoms with Gasteiger partial charge in [-0.2, -0.15) is 5.26 Å². The van der Waals surface area contributed by atoms with Crippen LogP contribution in [0, 0.1) is 11.3 Å². The zero-order valence-corrected chi connectivity index (χ0v) is 16.8. The molecule has 1 amide bonds. The minimum Gasteiger partial charge on any atom is -0.478 e. The van der Waals surface area contributed by atoms with E-state index < -0.39 is 0 Å². The number of hydrogen-bond donors (Lipinski definition) is 1. The van der Waals surface area contributed by atoms with E-state index in [2.05, 4.69) is 5.32 Å². The van der Waals surface area contributed by atoms with Gasteiger partial charge in [-0.15, -0.1) is 0 Å². The summed E-state index contributed by atoms with van der Waals surface area (Å²) in [6.07, 6.45) is 0. The lowest BCUT2D eigenvalue weighted by Crippen LogP contribution is -2.31. The van der Waals surface area contributed by atoms with Gasteiger partial charge in [-0.3, -0.25) is 4.79 Å². The third-order valence-electron chi connectivity index (χ3n) is 4.83. The maximum Gasteiger partial charge on any atom is 0.253 e. The van der Waals surface area contributed by atoms with E-state index in [-0.39, 0.29) is 12.5 Å². The first-order valence-electron chi connectivity index (χ1n) is 9.63. The van der Waals surface area contributed by atoms with Crippen LogP contribution in [-0.2, 0) is 0 Å². The highest BCUT2D eigenvalue weighted by Gasteiger charge is 2.15. The van der Waals surface area contributed by atoms with Crippen LogP contribution in [0.3, 0.4) is 0 Å². The van der Waals surface area contributed by atoms with Gasteiger partial charge in [0.1, 0.15) is 17.3 Å². The zero-order valence-electron chi connectivity index (χ0n) is 16.8. The number of carbonyl (C=O) groups excluding carboxylic acids is 1. The number of rotatable bonds is 6. The van der Waals surface area contributed by atoms with Crippen LogP contribution in [0.15, 0.2) is 48.5 Å². The van der Waals surface area contributed by atoms with E-state index in [0.717, 1.165) is 22.8 Å². The minimum absolute atomic E-state index is 0.0299. The van der Waals surface area contributed by atoms with Crippen LogP contribution in [-0.4, -0.2) is 54.6 Å². The fraction of sp³-hybridized carbons (Fsp3) is 0.217. The highest BCUT2D eigenvalue weighted by Crippen LogP contribution is 2.31. The van der Waals surface area contributed by atoms with Crippen molar-refractivity contribution >= 4 is 38.7 Å². The average molecular weight is 399 g/mol. The summed E-state index contributed by atoms with van der Waals surface area (Å²) in [5, 5.41) is 13.5. The number of amides is 1. The number of likely N-dealkylation sites (N-methyl/N-ethyl adjacent to an activating group) is 1. The highest BCUT2D eigenvalue weighted by molar-refractivity contribution is 6.11. The first-order chi connectivity index (χ1) is 14.6. The van der Waals surface area contributed by atoms with Crippen molar-refractivity contribution in [2.24, 2.45) is 0 Å². The number of aromatic nitrogens is 2. The zero-order chi connectivity index (χ0) is 21.1. The Morgan fingerprint density at radius 1 is 1.03 bits per heavy atom. The molecular formula is C23H21N5O2. The Balaban J connectivity index is 1.84. The summed E-state index contributed by atoms with van der Waals surface area (Å²) in [6, 6.07) is 16.9. The molecule has 0 fully saturated rings. The van der Waals surface area contributed by atoms with Crippen molar-refractivity contribution < 1.29 is 9.53 Å². The summed E-state index contributed by atoms with van der Waals surface area (Å²) in [4.78, 5) is 24.3. The quantitative estimate of drug-likeness (QED) is 0.396. The third kappa shape index (κ3) is 3.73. The summed E-state index contributed by atoms with van der Waals surface area (Å²) in [5.74, 6) is 0.446. The lowest BCUT2D eigenvalue weighted by molar-refractivity contribution is 0.0952. The van der Waals surface area contributed by atoms with Gasteiger partial charge in [0, 0.05) is 23.9 Å². The molecule has 7 heteroatoms. The molecule has 1 heterocycles.